The van der Waals surface area contributed by atoms with Crippen LogP contribution < -0.4 is 19.5 Å². The molecule has 1 heterocycles. The summed E-state index contributed by atoms with van der Waals surface area (Å²) in [5, 5.41) is 2.83. The topological polar surface area (TPSA) is 56.8 Å². The fourth-order valence-electron chi connectivity index (χ4n) is 2.41. The Balaban J connectivity index is 1.50. The van der Waals surface area contributed by atoms with E-state index >= 15 is 0 Å². The van der Waals surface area contributed by atoms with Crippen molar-refractivity contribution < 1.29 is 19.0 Å². The van der Waals surface area contributed by atoms with Crippen molar-refractivity contribution in [2.75, 3.05) is 18.7 Å². The second kappa shape index (κ2) is 6.60. The summed E-state index contributed by atoms with van der Waals surface area (Å²) in [6.07, 6.45) is 0.280. The van der Waals surface area contributed by atoms with Gasteiger partial charge in [0, 0.05) is 11.8 Å². The molecule has 5 nitrogen and oxygen atoms in total. The molecule has 0 spiro atoms. The van der Waals surface area contributed by atoms with Gasteiger partial charge in [-0.3, -0.25) is 4.79 Å². The minimum atomic E-state index is -0.103. The van der Waals surface area contributed by atoms with Crippen molar-refractivity contribution in [3.8, 4) is 17.2 Å². The highest BCUT2D eigenvalue weighted by atomic mass is 16.7. The number of carbonyl (C=O) groups excluding carboxylic acids is 1. The molecule has 1 aliphatic heterocycles. The average molecular weight is 313 g/mol. The number of nitrogens with one attached hydrogen (secondary N) is 1. The number of aryl methyl sites for hydroxylation is 2. The second-order valence-electron chi connectivity index (χ2n) is 5.48. The summed E-state index contributed by atoms with van der Waals surface area (Å²) in [6, 6.07) is 11.3. The third-order valence-corrected chi connectivity index (χ3v) is 3.57. The molecule has 0 saturated heterocycles. The molecule has 5 heteroatoms. The molecule has 0 bridgehead atoms. The summed E-state index contributed by atoms with van der Waals surface area (Å²) in [5.41, 5.74) is 2.95. The lowest BCUT2D eigenvalue weighted by atomic mass is 10.1. The van der Waals surface area contributed by atoms with E-state index in [1.165, 1.54) is 5.56 Å². The summed E-state index contributed by atoms with van der Waals surface area (Å²) < 4.78 is 16.2. The predicted octanol–water partition coefficient (Wildman–Crippen LogP) is 3.44. The largest absolute Gasteiger partial charge is 0.493 e. The van der Waals surface area contributed by atoms with E-state index in [0.29, 0.717) is 23.8 Å². The number of rotatable bonds is 5. The summed E-state index contributed by atoms with van der Waals surface area (Å²) in [6.45, 7) is 4.58. The number of hydrogen-bond donors (Lipinski definition) is 1. The molecule has 0 unspecified atom stereocenters. The van der Waals surface area contributed by atoms with Crippen LogP contribution in [0, 0.1) is 13.8 Å². The van der Waals surface area contributed by atoms with E-state index in [1.54, 1.807) is 18.2 Å². The molecule has 0 saturated carbocycles. The van der Waals surface area contributed by atoms with E-state index in [9.17, 15) is 4.79 Å². The number of fused-ring (bicyclic) bond motifs is 1. The van der Waals surface area contributed by atoms with Crippen LogP contribution in [0.5, 0.6) is 17.2 Å². The molecule has 1 N–H and O–H groups in total. The van der Waals surface area contributed by atoms with Gasteiger partial charge in [-0.25, -0.2) is 0 Å². The summed E-state index contributed by atoms with van der Waals surface area (Å²) in [4.78, 5) is 12.0. The number of amides is 1. The van der Waals surface area contributed by atoms with Crippen LogP contribution in [0.3, 0.4) is 0 Å². The van der Waals surface area contributed by atoms with Gasteiger partial charge in [-0.15, -0.1) is 0 Å². The number of ether oxygens (including phenoxy) is 3. The highest BCUT2D eigenvalue weighted by molar-refractivity contribution is 5.91. The van der Waals surface area contributed by atoms with Crippen LogP contribution >= 0.6 is 0 Å². The van der Waals surface area contributed by atoms with E-state index in [1.807, 2.05) is 26.0 Å². The van der Waals surface area contributed by atoms with Crippen molar-refractivity contribution in [2.45, 2.75) is 20.3 Å². The van der Waals surface area contributed by atoms with Crippen molar-refractivity contribution in [1.29, 1.82) is 0 Å². The maximum Gasteiger partial charge on any atom is 0.231 e. The van der Waals surface area contributed by atoms with Crippen molar-refractivity contribution >= 4 is 11.6 Å². The molecule has 0 aromatic heterocycles. The molecule has 2 aromatic carbocycles. The van der Waals surface area contributed by atoms with Crippen LogP contribution in [-0.4, -0.2) is 19.3 Å². The van der Waals surface area contributed by atoms with Crippen molar-refractivity contribution in [3.05, 3.63) is 47.5 Å². The van der Waals surface area contributed by atoms with Crippen molar-refractivity contribution in [3.63, 3.8) is 0 Å². The Morgan fingerprint density at radius 2 is 1.96 bits per heavy atom. The summed E-state index contributed by atoms with van der Waals surface area (Å²) in [5.74, 6) is 2.05. The standard InChI is InChI=1S/C18H19NO4/c1-12-3-5-15(13(2)9-12)21-8-7-18(20)19-14-4-6-16-17(10-14)23-11-22-16/h3-6,9-10H,7-8,11H2,1-2H3,(H,19,20). The first-order valence-corrected chi connectivity index (χ1v) is 7.51. The minimum absolute atomic E-state index is 0.103. The van der Waals surface area contributed by atoms with Crippen molar-refractivity contribution in [2.24, 2.45) is 0 Å². The lowest BCUT2D eigenvalue weighted by molar-refractivity contribution is -0.116. The summed E-state index contributed by atoms with van der Waals surface area (Å²) in [7, 11) is 0. The predicted molar refractivity (Wildman–Crippen MR) is 87.2 cm³/mol. The molecule has 1 aliphatic rings. The second-order valence-corrected chi connectivity index (χ2v) is 5.48. The fourth-order valence-corrected chi connectivity index (χ4v) is 2.41. The van der Waals surface area contributed by atoms with Gasteiger partial charge in [-0.05, 0) is 37.6 Å². The SMILES string of the molecule is Cc1ccc(OCCC(=O)Nc2ccc3c(c2)OCO3)c(C)c1. The molecule has 0 atom stereocenters. The highest BCUT2D eigenvalue weighted by Crippen LogP contribution is 2.34. The Bertz CT molecular complexity index is 727. The van der Waals surface area contributed by atoms with Crippen LogP contribution in [0.15, 0.2) is 36.4 Å². The van der Waals surface area contributed by atoms with Gasteiger partial charge in [0.1, 0.15) is 5.75 Å². The zero-order chi connectivity index (χ0) is 16.2. The Labute approximate surface area is 135 Å². The lowest BCUT2D eigenvalue weighted by Gasteiger charge is -2.10. The molecule has 120 valence electrons. The maximum atomic E-state index is 12.0. The van der Waals surface area contributed by atoms with Gasteiger partial charge in [-0.1, -0.05) is 17.7 Å². The molecule has 0 fully saturated rings. The first kappa shape index (κ1) is 15.2. The number of hydrogen-bond acceptors (Lipinski definition) is 4. The number of carbonyl (C=O) groups is 1. The first-order chi connectivity index (χ1) is 11.1. The van der Waals surface area contributed by atoms with Gasteiger partial charge in [0.25, 0.3) is 0 Å². The quantitative estimate of drug-likeness (QED) is 0.918. The molecule has 0 aliphatic carbocycles. The molecule has 1 amide bonds. The zero-order valence-corrected chi connectivity index (χ0v) is 13.2. The minimum Gasteiger partial charge on any atom is -0.493 e. The van der Waals surface area contributed by atoms with Crippen LogP contribution in [0.2, 0.25) is 0 Å². The molecular weight excluding hydrogens is 294 g/mol. The van der Waals surface area contributed by atoms with E-state index in [-0.39, 0.29) is 19.1 Å². The fraction of sp³-hybridized carbons (Fsp3) is 0.278. The Hall–Kier alpha value is -2.69. The Kier molecular flexibility index (Phi) is 4.37. The molecule has 2 aromatic rings. The van der Waals surface area contributed by atoms with Gasteiger partial charge >= 0.3 is 0 Å². The number of benzene rings is 2. The van der Waals surface area contributed by atoms with Crippen LogP contribution in [-0.2, 0) is 4.79 Å². The lowest BCUT2D eigenvalue weighted by Crippen LogP contribution is -2.15. The van der Waals surface area contributed by atoms with Gasteiger partial charge in [0.05, 0.1) is 13.0 Å². The zero-order valence-electron chi connectivity index (χ0n) is 13.2. The Morgan fingerprint density at radius 3 is 2.78 bits per heavy atom. The van der Waals surface area contributed by atoms with Gasteiger partial charge < -0.3 is 19.5 Å². The molecule has 0 radical (unpaired) electrons. The van der Waals surface area contributed by atoms with Crippen LogP contribution in [0.4, 0.5) is 5.69 Å². The van der Waals surface area contributed by atoms with Gasteiger partial charge in [0.15, 0.2) is 11.5 Å². The number of anilines is 1. The monoisotopic (exact) mass is 313 g/mol. The van der Waals surface area contributed by atoms with E-state index in [0.717, 1.165) is 11.3 Å². The normalized spacial score (nSPS) is 12.1. The Morgan fingerprint density at radius 1 is 1.13 bits per heavy atom. The van der Waals surface area contributed by atoms with Crippen LogP contribution in [0.25, 0.3) is 0 Å². The van der Waals surface area contributed by atoms with Crippen LogP contribution in [0.1, 0.15) is 17.5 Å². The van der Waals surface area contributed by atoms with E-state index in [4.69, 9.17) is 14.2 Å². The molecular formula is C18H19NO4. The summed E-state index contributed by atoms with van der Waals surface area (Å²) >= 11 is 0. The van der Waals surface area contributed by atoms with E-state index < -0.39 is 0 Å². The van der Waals surface area contributed by atoms with Gasteiger partial charge in [-0.2, -0.15) is 0 Å². The van der Waals surface area contributed by atoms with E-state index in [2.05, 4.69) is 11.4 Å². The first-order valence-electron chi connectivity index (χ1n) is 7.51. The third-order valence-electron chi connectivity index (χ3n) is 3.57. The third kappa shape index (κ3) is 3.74. The highest BCUT2D eigenvalue weighted by Gasteiger charge is 2.14. The smallest absolute Gasteiger partial charge is 0.231 e. The average Bonchev–Trinajstić information content (AvgIpc) is 2.97. The molecule has 23 heavy (non-hydrogen) atoms. The molecule has 3 rings (SSSR count). The van der Waals surface area contributed by atoms with Gasteiger partial charge in [0.2, 0.25) is 12.7 Å². The maximum absolute atomic E-state index is 12.0. The van der Waals surface area contributed by atoms with Crippen molar-refractivity contribution in [1.82, 2.24) is 0 Å².